The second-order valence-corrected chi connectivity index (χ2v) is 2.43. The minimum Gasteiger partial charge on any atom is -0.350 e. The van der Waals surface area contributed by atoms with Crippen LogP contribution in [0, 0.1) is 0 Å². The minimum atomic E-state index is 0.973. The average molecular weight is 131 g/mol. The summed E-state index contributed by atoms with van der Waals surface area (Å²) in [7, 11) is 0. The summed E-state index contributed by atoms with van der Waals surface area (Å²) < 4.78 is 1.83. The van der Waals surface area contributed by atoms with Crippen LogP contribution in [-0.4, -0.2) is 4.73 Å². The molecule has 3 rings (SSSR count). The van der Waals surface area contributed by atoms with Crippen LogP contribution in [0.4, 0.5) is 0 Å². The minimum absolute atomic E-state index is 0.973. The Kier molecular flexibility index (Phi) is 0.520. The van der Waals surface area contributed by atoms with E-state index in [-0.39, 0.29) is 0 Å². The van der Waals surface area contributed by atoms with Crippen LogP contribution in [0.1, 0.15) is 0 Å². The molecule has 0 spiro atoms. The van der Waals surface area contributed by atoms with Crippen LogP contribution < -0.4 is 4.84 Å². The van der Waals surface area contributed by atoms with Crippen LogP contribution in [0.15, 0.2) is 30.3 Å². The molecule has 2 heteroatoms. The molecule has 2 nitrogen and oxygen atoms in total. The van der Waals surface area contributed by atoms with Gasteiger partial charge in [0.2, 0.25) is 0 Å². The van der Waals surface area contributed by atoms with Crippen molar-refractivity contribution in [2.24, 2.45) is 0 Å². The van der Waals surface area contributed by atoms with Gasteiger partial charge in [-0.3, -0.25) is 0 Å². The van der Waals surface area contributed by atoms with E-state index in [4.69, 9.17) is 4.84 Å². The molecule has 0 amide bonds. The molecule has 1 aliphatic rings. The lowest BCUT2D eigenvalue weighted by atomic mass is 10.2. The van der Waals surface area contributed by atoms with Crippen molar-refractivity contribution in [3.63, 3.8) is 0 Å². The van der Waals surface area contributed by atoms with E-state index < -0.39 is 0 Å². The SMILES string of the molecule is c1ccc2c(c1)cc1n2O1. The normalized spacial score (nSPS) is 12.8. The van der Waals surface area contributed by atoms with E-state index in [1.165, 1.54) is 5.39 Å². The first-order chi connectivity index (χ1) is 4.95. The monoisotopic (exact) mass is 131 g/mol. The van der Waals surface area contributed by atoms with Crippen LogP contribution in [0.25, 0.3) is 10.9 Å². The summed E-state index contributed by atoms with van der Waals surface area (Å²) in [6.45, 7) is 0. The molecular formula is C8H5NO. The molecule has 0 fully saturated rings. The van der Waals surface area contributed by atoms with Crippen molar-refractivity contribution in [1.82, 2.24) is 4.73 Å². The second-order valence-electron chi connectivity index (χ2n) is 2.43. The molecule has 0 atom stereocenters. The lowest BCUT2D eigenvalue weighted by Gasteiger charge is -1.86. The van der Waals surface area contributed by atoms with Gasteiger partial charge in [-0.05, 0) is 6.07 Å². The smallest absolute Gasteiger partial charge is 0.261 e. The van der Waals surface area contributed by atoms with Crippen molar-refractivity contribution < 1.29 is 4.84 Å². The summed E-state index contributed by atoms with van der Waals surface area (Å²) >= 11 is 0. The summed E-state index contributed by atoms with van der Waals surface area (Å²) in [4.78, 5) is 5.07. The van der Waals surface area contributed by atoms with Gasteiger partial charge < -0.3 is 4.84 Å². The summed E-state index contributed by atoms with van der Waals surface area (Å²) in [6, 6.07) is 10.2. The molecule has 0 unspecified atom stereocenters. The first kappa shape index (κ1) is 4.39. The van der Waals surface area contributed by atoms with E-state index in [1.54, 1.807) is 0 Å². The molecule has 1 aliphatic heterocycles. The zero-order valence-electron chi connectivity index (χ0n) is 5.24. The zero-order chi connectivity index (χ0) is 6.55. The van der Waals surface area contributed by atoms with Crippen LogP contribution in [0.5, 0.6) is 5.88 Å². The van der Waals surface area contributed by atoms with Gasteiger partial charge in [0.05, 0.1) is 5.52 Å². The highest BCUT2D eigenvalue weighted by atomic mass is 16.8. The Hall–Kier alpha value is -1.44. The number of nitrogens with zero attached hydrogens (tertiary/aromatic N) is 1. The fraction of sp³-hybridized carbons (Fsp3) is 0. The predicted molar refractivity (Wildman–Crippen MR) is 38.0 cm³/mol. The Labute approximate surface area is 57.6 Å². The van der Waals surface area contributed by atoms with E-state index >= 15 is 0 Å². The highest BCUT2D eigenvalue weighted by Crippen LogP contribution is 2.34. The van der Waals surface area contributed by atoms with Gasteiger partial charge in [0.15, 0.2) is 0 Å². The van der Waals surface area contributed by atoms with Gasteiger partial charge in [-0.1, -0.05) is 18.2 Å². The predicted octanol–water partition coefficient (Wildman–Crippen LogP) is 1.80. The molecule has 0 saturated heterocycles. The number of para-hydroxylation sites is 1. The summed E-state index contributed by atoms with van der Waals surface area (Å²) in [5.74, 6) is 0.973. The standard InChI is InChI=1S/C8H5NO/c1-2-4-7-6(3-1)5-8-9(7)10-8/h1-5H. The first-order valence-corrected chi connectivity index (χ1v) is 3.24. The molecule has 0 bridgehead atoms. The molecule has 0 radical (unpaired) electrons. The van der Waals surface area contributed by atoms with Crippen LogP contribution in [-0.2, 0) is 0 Å². The van der Waals surface area contributed by atoms with Gasteiger partial charge in [0.25, 0.3) is 5.88 Å². The third-order valence-electron chi connectivity index (χ3n) is 1.79. The number of rotatable bonds is 0. The van der Waals surface area contributed by atoms with Gasteiger partial charge >= 0.3 is 0 Å². The number of fused-ring (bicyclic) bond motifs is 3. The Balaban J connectivity index is 2.60. The maximum Gasteiger partial charge on any atom is 0.261 e. The molecular weight excluding hydrogens is 126 g/mol. The lowest BCUT2D eigenvalue weighted by molar-refractivity contribution is 0.454. The van der Waals surface area contributed by atoms with E-state index in [2.05, 4.69) is 6.07 Å². The maximum absolute atomic E-state index is 5.07. The van der Waals surface area contributed by atoms with Gasteiger partial charge in [-0.15, -0.1) is 4.73 Å². The molecule has 0 saturated carbocycles. The molecule has 1 aromatic carbocycles. The van der Waals surface area contributed by atoms with Gasteiger partial charge in [-0.25, -0.2) is 0 Å². The Morgan fingerprint density at radius 2 is 2.10 bits per heavy atom. The van der Waals surface area contributed by atoms with Gasteiger partial charge in [0, 0.05) is 11.5 Å². The zero-order valence-corrected chi connectivity index (χ0v) is 5.24. The molecule has 2 heterocycles. The fourth-order valence-electron chi connectivity index (χ4n) is 1.25. The largest absolute Gasteiger partial charge is 0.350 e. The van der Waals surface area contributed by atoms with Crippen LogP contribution >= 0.6 is 0 Å². The fourth-order valence-corrected chi connectivity index (χ4v) is 1.25. The lowest BCUT2D eigenvalue weighted by Crippen LogP contribution is -1.76. The van der Waals surface area contributed by atoms with Gasteiger partial charge in [0.1, 0.15) is 0 Å². The third kappa shape index (κ3) is 0.365. The Morgan fingerprint density at radius 3 is 3.00 bits per heavy atom. The maximum atomic E-state index is 5.07. The van der Waals surface area contributed by atoms with Crippen LogP contribution in [0.3, 0.4) is 0 Å². The molecule has 48 valence electrons. The highest BCUT2D eigenvalue weighted by molar-refractivity contribution is 5.83. The molecule has 0 N–H and O–H groups in total. The summed E-state index contributed by atoms with van der Waals surface area (Å²) in [5.41, 5.74) is 1.16. The first-order valence-electron chi connectivity index (χ1n) is 3.24. The van der Waals surface area contributed by atoms with Gasteiger partial charge in [-0.2, -0.15) is 0 Å². The van der Waals surface area contributed by atoms with Crippen molar-refractivity contribution in [2.75, 3.05) is 0 Å². The summed E-state index contributed by atoms with van der Waals surface area (Å²) in [6.07, 6.45) is 0. The highest BCUT2D eigenvalue weighted by Gasteiger charge is 2.22. The summed E-state index contributed by atoms with van der Waals surface area (Å²) in [5, 5.41) is 1.25. The van der Waals surface area contributed by atoms with E-state index in [0.29, 0.717) is 0 Å². The third-order valence-corrected chi connectivity index (χ3v) is 1.79. The average Bonchev–Trinajstić information content (AvgIpc) is 2.64. The number of hydrogen-bond donors (Lipinski definition) is 0. The van der Waals surface area contributed by atoms with Crippen molar-refractivity contribution in [3.8, 4) is 5.88 Å². The number of aromatic nitrogens is 1. The molecule has 2 aromatic rings. The topological polar surface area (TPSA) is 17.5 Å². The van der Waals surface area contributed by atoms with E-state index in [1.807, 2.05) is 29.0 Å². The Bertz CT molecular complexity index is 403. The quantitative estimate of drug-likeness (QED) is 0.425. The van der Waals surface area contributed by atoms with Crippen molar-refractivity contribution >= 4 is 10.9 Å². The van der Waals surface area contributed by atoms with Crippen LogP contribution in [0.2, 0.25) is 0 Å². The molecule has 10 heavy (non-hydrogen) atoms. The van der Waals surface area contributed by atoms with Crippen molar-refractivity contribution in [1.29, 1.82) is 0 Å². The molecule has 1 aromatic heterocycles. The molecule has 0 aliphatic carbocycles. The second kappa shape index (κ2) is 1.19. The number of hydrogen-bond acceptors (Lipinski definition) is 1. The van der Waals surface area contributed by atoms with Crippen molar-refractivity contribution in [3.05, 3.63) is 30.3 Å². The van der Waals surface area contributed by atoms with E-state index in [9.17, 15) is 0 Å². The Morgan fingerprint density at radius 1 is 1.20 bits per heavy atom. The number of benzene rings is 1. The van der Waals surface area contributed by atoms with Crippen molar-refractivity contribution in [2.45, 2.75) is 0 Å². The van der Waals surface area contributed by atoms with E-state index in [0.717, 1.165) is 11.4 Å².